The molecule has 0 fully saturated rings. The van der Waals surface area contributed by atoms with Crippen LogP contribution in [-0.4, -0.2) is 38.6 Å². The lowest BCUT2D eigenvalue weighted by atomic mass is 10.1. The lowest BCUT2D eigenvalue weighted by Gasteiger charge is -2.12. The van der Waals surface area contributed by atoms with Crippen molar-refractivity contribution in [2.24, 2.45) is 0 Å². The fourth-order valence-corrected chi connectivity index (χ4v) is 2.57. The largest absolute Gasteiger partial charge is 0.496 e. The molecule has 0 atom stereocenters. The molecule has 1 aromatic rings. The lowest BCUT2D eigenvalue weighted by Crippen LogP contribution is -2.24. The summed E-state index contributed by atoms with van der Waals surface area (Å²) in [5.74, 6) is 1.18. The Bertz CT molecular complexity index is 527. The Morgan fingerprint density at radius 2 is 2.05 bits per heavy atom. The molecule has 0 amide bonds. The van der Waals surface area contributed by atoms with Gasteiger partial charge in [-0.1, -0.05) is 6.92 Å². The normalized spacial score (nSPS) is 11.6. The van der Waals surface area contributed by atoms with Crippen LogP contribution in [-0.2, 0) is 16.4 Å². The Labute approximate surface area is 115 Å². The van der Waals surface area contributed by atoms with Gasteiger partial charge in [0.25, 0.3) is 0 Å². The van der Waals surface area contributed by atoms with Crippen LogP contribution in [0.1, 0.15) is 23.7 Å². The predicted octanol–water partition coefficient (Wildman–Crippen LogP) is 1.23. The van der Waals surface area contributed by atoms with Crippen molar-refractivity contribution in [1.82, 2.24) is 10.3 Å². The number of ether oxygens (including phenoxy) is 1. The number of aromatic nitrogens is 1. The van der Waals surface area contributed by atoms with Gasteiger partial charge in [0, 0.05) is 36.2 Å². The highest BCUT2D eigenvalue weighted by molar-refractivity contribution is 7.91. The molecule has 6 heteroatoms. The number of rotatable bonds is 7. The summed E-state index contributed by atoms with van der Waals surface area (Å²) in [6.07, 6.45) is 1.77. The van der Waals surface area contributed by atoms with Crippen LogP contribution in [0.2, 0.25) is 0 Å². The summed E-state index contributed by atoms with van der Waals surface area (Å²) in [5.41, 5.74) is 2.88. The topological polar surface area (TPSA) is 68.3 Å². The summed E-state index contributed by atoms with van der Waals surface area (Å²) in [5, 5.41) is 3.11. The molecule has 0 aliphatic rings. The Morgan fingerprint density at radius 3 is 2.63 bits per heavy atom. The van der Waals surface area contributed by atoms with Crippen LogP contribution in [0.4, 0.5) is 0 Å². The standard InChI is InChI=1S/C13H22N2O3S/c1-5-19(16,17)7-6-14-9-12-11(3)13(18-4)10(2)8-15-12/h8,14H,5-7,9H2,1-4H3. The molecule has 0 bridgehead atoms. The lowest BCUT2D eigenvalue weighted by molar-refractivity contribution is 0.406. The fraction of sp³-hybridized carbons (Fsp3) is 0.615. The minimum absolute atomic E-state index is 0.158. The van der Waals surface area contributed by atoms with Crippen LogP contribution in [0.25, 0.3) is 0 Å². The van der Waals surface area contributed by atoms with Crippen molar-refractivity contribution in [2.75, 3.05) is 25.2 Å². The molecular weight excluding hydrogens is 264 g/mol. The van der Waals surface area contributed by atoms with Gasteiger partial charge in [0.05, 0.1) is 18.6 Å². The SMILES string of the molecule is CCS(=O)(=O)CCNCc1ncc(C)c(OC)c1C. The number of nitrogens with zero attached hydrogens (tertiary/aromatic N) is 1. The van der Waals surface area contributed by atoms with E-state index < -0.39 is 9.84 Å². The van der Waals surface area contributed by atoms with Crippen molar-refractivity contribution in [3.05, 3.63) is 23.0 Å². The Balaban J connectivity index is 2.60. The van der Waals surface area contributed by atoms with Gasteiger partial charge in [-0.25, -0.2) is 8.42 Å². The van der Waals surface area contributed by atoms with Gasteiger partial charge in [-0.3, -0.25) is 4.98 Å². The number of pyridine rings is 1. The Morgan fingerprint density at radius 1 is 1.37 bits per heavy atom. The van der Waals surface area contributed by atoms with E-state index in [0.717, 1.165) is 22.6 Å². The average molecular weight is 286 g/mol. The van der Waals surface area contributed by atoms with Crippen molar-refractivity contribution in [3.8, 4) is 5.75 Å². The number of hydrogen-bond acceptors (Lipinski definition) is 5. The molecule has 0 unspecified atom stereocenters. The maximum absolute atomic E-state index is 11.3. The monoisotopic (exact) mass is 286 g/mol. The molecule has 1 N–H and O–H groups in total. The molecule has 0 aliphatic carbocycles. The van der Waals surface area contributed by atoms with Gasteiger partial charge >= 0.3 is 0 Å². The molecule has 1 aromatic heterocycles. The van der Waals surface area contributed by atoms with E-state index in [1.807, 2.05) is 13.8 Å². The van der Waals surface area contributed by atoms with Crippen molar-refractivity contribution in [2.45, 2.75) is 27.3 Å². The van der Waals surface area contributed by atoms with Gasteiger partial charge in [-0.05, 0) is 13.8 Å². The molecule has 108 valence electrons. The fourth-order valence-electron chi connectivity index (χ4n) is 1.83. The second-order valence-corrected chi connectivity index (χ2v) is 6.93. The molecule has 5 nitrogen and oxygen atoms in total. The smallest absolute Gasteiger partial charge is 0.151 e. The van der Waals surface area contributed by atoms with Crippen molar-refractivity contribution in [3.63, 3.8) is 0 Å². The summed E-state index contributed by atoms with van der Waals surface area (Å²) in [6, 6.07) is 0. The zero-order valence-electron chi connectivity index (χ0n) is 12.0. The zero-order valence-corrected chi connectivity index (χ0v) is 12.8. The van der Waals surface area contributed by atoms with Crippen molar-refractivity contribution in [1.29, 1.82) is 0 Å². The van der Waals surface area contributed by atoms with Crippen LogP contribution in [0.5, 0.6) is 5.75 Å². The maximum Gasteiger partial charge on any atom is 0.151 e. The van der Waals surface area contributed by atoms with Crippen molar-refractivity contribution < 1.29 is 13.2 Å². The third-order valence-electron chi connectivity index (χ3n) is 3.07. The second-order valence-electron chi connectivity index (χ2n) is 4.46. The highest BCUT2D eigenvalue weighted by Crippen LogP contribution is 2.23. The highest BCUT2D eigenvalue weighted by Gasteiger charge is 2.10. The van der Waals surface area contributed by atoms with Gasteiger partial charge < -0.3 is 10.1 Å². The average Bonchev–Trinajstić information content (AvgIpc) is 2.37. The minimum Gasteiger partial charge on any atom is -0.496 e. The van der Waals surface area contributed by atoms with Gasteiger partial charge in [-0.2, -0.15) is 0 Å². The van der Waals surface area contributed by atoms with E-state index in [4.69, 9.17) is 4.74 Å². The van der Waals surface area contributed by atoms with Crippen LogP contribution in [0.3, 0.4) is 0 Å². The molecular formula is C13H22N2O3S. The molecule has 0 saturated heterocycles. The molecule has 1 rings (SSSR count). The molecule has 0 radical (unpaired) electrons. The summed E-state index contributed by atoms with van der Waals surface area (Å²) in [4.78, 5) is 4.35. The summed E-state index contributed by atoms with van der Waals surface area (Å²) < 4.78 is 28.0. The quantitative estimate of drug-likeness (QED) is 0.764. The molecule has 19 heavy (non-hydrogen) atoms. The number of hydrogen-bond donors (Lipinski definition) is 1. The van der Waals surface area contributed by atoms with E-state index in [2.05, 4.69) is 10.3 Å². The van der Waals surface area contributed by atoms with Crippen molar-refractivity contribution >= 4 is 9.84 Å². The first-order chi connectivity index (χ1) is 8.91. The predicted molar refractivity (Wildman–Crippen MR) is 76.3 cm³/mol. The minimum atomic E-state index is -2.91. The summed E-state index contributed by atoms with van der Waals surface area (Å²) in [7, 11) is -1.27. The van der Waals surface area contributed by atoms with Crippen LogP contribution < -0.4 is 10.1 Å². The molecule has 0 aromatic carbocycles. The van der Waals surface area contributed by atoms with E-state index in [1.54, 1.807) is 20.2 Å². The summed E-state index contributed by atoms with van der Waals surface area (Å²) >= 11 is 0. The molecule has 0 aliphatic heterocycles. The van der Waals surface area contributed by atoms with Gasteiger partial charge in [0.2, 0.25) is 0 Å². The van der Waals surface area contributed by atoms with Crippen LogP contribution in [0.15, 0.2) is 6.20 Å². The van der Waals surface area contributed by atoms with E-state index in [1.165, 1.54) is 0 Å². The van der Waals surface area contributed by atoms with E-state index >= 15 is 0 Å². The first kappa shape index (κ1) is 15.9. The van der Waals surface area contributed by atoms with Crippen LogP contribution in [0, 0.1) is 13.8 Å². The first-order valence-electron chi connectivity index (χ1n) is 6.31. The zero-order chi connectivity index (χ0) is 14.5. The van der Waals surface area contributed by atoms with E-state index in [0.29, 0.717) is 13.1 Å². The van der Waals surface area contributed by atoms with E-state index in [-0.39, 0.29) is 11.5 Å². The van der Waals surface area contributed by atoms with Gasteiger partial charge in [0.1, 0.15) is 5.75 Å². The number of nitrogens with one attached hydrogen (secondary N) is 1. The Kier molecular flexibility index (Phi) is 5.75. The van der Waals surface area contributed by atoms with Crippen LogP contribution >= 0.6 is 0 Å². The number of aryl methyl sites for hydroxylation is 1. The number of methoxy groups -OCH3 is 1. The van der Waals surface area contributed by atoms with E-state index in [9.17, 15) is 8.42 Å². The first-order valence-corrected chi connectivity index (χ1v) is 8.13. The summed E-state index contributed by atoms with van der Waals surface area (Å²) in [6.45, 7) is 6.55. The molecule has 0 saturated carbocycles. The highest BCUT2D eigenvalue weighted by atomic mass is 32.2. The Hall–Kier alpha value is -1.14. The number of sulfone groups is 1. The third-order valence-corrected chi connectivity index (χ3v) is 4.78. The van der Waals surface area contributed by atoms with Gasteiger partial charge in [-0.15, -0.1) is 0 Å². The maximum atomic E-state index is 11.3. The molecule has 0 spiro atoms. The molecule has 1 heterocycles. The third kappa shape index (κ3) is 4.47. The second kappa shape index (κ2) is 6.86. The van der Waals surface area contributed by atoms with Gasteiger partial charge in [0.15, 0.2) is 9.84 Å².